The van der Waals surface area contributed by atoms with Crippen molar-refractivity contribution in [1.82, 2.24) is 9.80 Å². The molecule has 8 rings (SSSR count). The first-order valence-electron chi connectivity index (χ1n) is 9.48. The third-order valence-electron chi connectivity index (χ3n) is 6.05. The molecule has 0 atom stereocenters. The molecule has 8 heterocycles. The zero-order valence-corrected chi connectivity index (χ0v) is 22.0. The van der Waals surface area contributed by atoms with E-state index in [4.69, 9.17) is 0 Å². The molecule has 0 N–H and O–H groups in total. The highest BCUT2D eigenvalue weighted by Crippen LogP contribution is 2.56. The number of hydrogen-bond acceptors (Lipinski definition) is 6. The predicted molar refractivity (Wildman–Crippen MR) is 140 cm³/mol. The van der Waals surface area contributed by atoms with Gasteiger partial charge in [-0.2, -0.15) is 0 Å². The minimum Gasteiger partial charge on any atom is -0.281 e. The summed E-state index contributed by atoms with van der Waals surface area (Å²) in [7, 11) is 0. The lowest BCUT2D eigenvalue weighted by molar-refractivity contribution is -0.122. The summed E-state index contributed by atoms with van der Waals surface area (Å²) in [4.78, 5) is 32.6. The number of carbonyl (C=O) groups is 2. The van der Waals surface area contributed by atoms with Gasteiger partial charge in [0.15, 0.2) is 0 Å². The highest BCUT2D eigenvalue weighted by Gasteiger charge is 2.51. The molecule has 0 aliphatic carbocycles. The first-order valence-corrected chi connectivity index (χ1v) is 14.3. The molecule has 0 aromatic carbocycles. The largest absolute Gasteiger partial charge is 0.281 e. The molecule has 0 saturated carbocycles. The summed E-state index contributed by atoms with van der Waals surface area (Å²) >= 11 is 13.8. The van der Waals surface area contributed by atoms with Crippen molar-refractivity contribution < 1.29 is 9.59 Å². The molecule has 0 bridgehead atoms. The molecular weight excluding hydrogens is 612 g/mol. The number of thiophene rings is 4. The van der Waals surface area contributed by atoms with Crippen molar-refractivity contribution in [3.8, 4) is 0 Å². The van der Waals surface area contributed by atoms with Crippen LogP contribution in [0, 0.1) is 0 Å². The molecule has 4 aliphatic heterocycles. The van der Waals surface area contributed by atoms with Crippen molar-refractivity contribution in [3.05, 3.63) is 64.1 Å². The summed E-state index contributed by atoms with van der Waals surface area (Å²) in [6.45, 7) is 0. The third kappa shape index (κ3) is 2.07. The molecule has 4 aromatic rings. The van der Waals surface area contributed by atoms with E-state index >= 15 is 0 Å². The van der Waals surface area contributed by atoms with Crippen LogP contribution in [0.5, 0.6) is 0 Å². The van der Waals surface area contributed by atoms with Gasteiger partial charge < -0.3 is 0 Å². The van der Waals surface area contributed by atoms with Crippen molar-refractivity contribution in [2.45, 2.75) is 0 Å². The van der Waals surface area contributed by atoms with Gasteiger partial charge in [-0.1, -0.05) is 0 Å². The van der Waals surface area contributed by atoms with Crippen molar-refractivity contribution in [1.29, 1.82) is 0 Å². The number of halogens is 2. The van der Waals surface area contributed by atoms with E-state index in [9.17, 15) is 9.59 Å². The third-order valence-corrected chi connectivity index (χ3v) is 12.0. The summed E-state index contributed by atoms with van der Waals surface area (Å²) in [5.41, 5.74) is 4.69. The Hall–Kier alpha value is -1.82. The van der Waals surface area contributed by atoms with E-state index in [1.807, 2.05) is 24.6 Å². The summed E-state index contributed by atoms with van der Waals surface area (Å²) in [6.07, 6.45) is 7.63. The lowest BCUT2D eigenvalue weighted by Crippen LogP contribution is -2.25. The second kappa shape index (κ2) is 5.99. The fourth-order valence-corrected chi connectivity index (χ4v) is 11.4. The second-order valence-corrected chi connectivity index (χ2v) is 14.8. The Morgan fingerprint density at radius 1 is 0.719 bits per heavy atom. The van der Waals surface area contributed by atoms with E-state index in [1.54, 1.807) is 55.1 Å². The second-order valence-electron chi connectivity index (χ2n) is 7.61. The molecule has 0 spiro atoms. The molecule has 0 saturated heterocycles. The van der Waals surface area contributed by atoms with Crippen LogP contribution in [-0.4, -0.2) is 21.6 Å². The molecule has 4 aromatic heterocycles. The highest BCUT2D eigenvalue weighted by molar-refractivity contribution is 9.11. The van der Waals surface area contributed by atoms with Crippen LogP contribution in [0.2, 0.25) is 0 Å². The van der Waals surface area contributed by atoms with Crippen molar-refractivity contribution in [2.24, 2.45) is 0 Å². The Morgan fingerprint density at radius 3 is 2.06 bits per heavy atom. The molecule has 4 nitrogen and oxygen atoms in total. The Balaban J connectivity index is 1.44. The van der Waals surface area contributed by atoms with Gasteiger partial charge in [0.05, 0.1) is 48.6 Å². The molecule has 0 fully saturated rings. The number of amides is 2. The van der Waals surface area contributed by atoms with Crippen LogP contribution in [0.25, 0.3) is 42.3 Å². The number of carbonyl (C=O) groups excluding carboxylic acids is 2. The first kappa shape index (κ1) is 18.6. The van der Waals surface area contributed by atoms with Crippen LogP contribution in [0.1, 0.15) is 20.9 Å². The zero-order chi connectivity index (χ0) is 21.5. The van der Waals surface area contributed by atoms with Crippen LogP contribution in [0.3, 0.4) is 0 Å². The van der Waals surface area contributed by atoms with E-state index < -0.39 is 0 Å². The van der Waals surface area contributed by atoms with Gasteiger partial charge >= 0.3 is 0 Å². The van der Waals surface area contributed by atoms with Gasteiger partial charge in [-0.3, -0.25) is 19.4 Å². The van der Waals surface area contributed by atoms with Crippen LogP contribution >= 0.6 is 77.2 Å². The Labute approximate surface area is 213 Å². The maximum atomic E-state index is 13.6. The van der Waals surface area contributed by atoms with Gasteiger partial charge in [0.25, 0.3) is 11.8 Å². The molecular formula is C22H6Br2N2O2S4. The zero-order valence-electron chi connectivity index (χ0n) is 15.6. The molecule has 154 valence electrons. The minimum atomic E-state index is -0.125. The summed E-state index contributed by atoms with van der Waals surface area (Å²) < 4.78 is 5.69. The molecule has 0 radical (unpaired) electrons. The summed E-state index contributed by atoms with van der Waals surface area (Å²) in [5.74, 6) is -0.250. The summed E-state index contributed by atoms with van der Waals surface area (Å²) in [6, 6.07) is 4.22. The maximum Gasteiger partial charge on any atom is 0.265 e. The van der Waals surface area contributed by atoms with Gasteiger partial charge in [-0.15, -0.1) is 45.3 Å². The lowest BCUT2D eigenvalue weighted by atomic mass is 10.0. The topological polar surface area (TPSA) is 40.6 Å². The van der Waals surface area contributed by atoms with Crippen molar-refractivity contribution in [3.63, 3.8) is 0 Å². The maximum absolute atomic E-state index is 13.6. The van der Waals surface area contributed by atoms with E-state index in [-0.39, 0.29) is 11.8 Å². The van der Waals surface area contributed by atoms with Crippen LogP contribution < -0.4 is 0 Å². The van der Waals surface area contributed by atoms with Crippen LogP contribution in [-0.2, 0) is 9.59 Å². The Morgan fingerprint density at radius 2 is 1.34 bits per heavy atom. The number of nitrogens with zero attached hydrogens (tertiary/aromatic N) is 2. The molecule has 32 heavy (non-hydrogen) atoms. The van der Waals surface area contributed by atoms with E-state index in [2.05, 4.69) is 44.0 Å². The fraction of sp³-hybridized carbons (Fsp3) is 0. The number of fused-ring (bicyclic) bond motifs is 11. The normalized spacial score (nSPS) is 18.4. The first-order chi connectivity index (χ1) is 15.5. The molecule has 4 aliphatic rings. The van der Waals surface area contributed by atoms with E-state index in [1.165, 1.54) is 8.71 Å². The molecule has 2 amide bonds. The van der Waals surface area contributed by atoms with E-state index in [0.717, 1.165) is 49.9 Å². The average Bonchev–Trinajstić information content (AvgIpc) is 3.55. The minimum absolute atomic E-state index is 0.125. The highest BCUT2D eigenvalue weighted by atomic mass is 79.9. The van der Waals surface area contributed by atoms with Gasteiger partial charge in [0.1, 0.15) is 0 Å². The van der Waals surface area contributed by atoms with Crippen LogP contribution in [0.15, 0.2) is 43.3 Å². The predicted octanol–water partition coefficient (Wildman–Crippen LogP) is 7.54. The van der Waals surface area contributed by atoms with Gasteiger partial charge in [-0.25, -0.2) is 0 Å². The standard InChI is InChI=1S/C22H6Br2N2O2S4/c23-11-5-9-7-1-3-25-15(18(7)32-22(9)31-11)13-14(21(25)28)16-19-8(2-4-26(16)20(13)27)17-10(29-19)6-12(24)30-17/h1-6H. The Bertz CT molecular complexity index is 1630. The lowest BCUT2D eigenvalue weighted by Gasteiger charge is -2.24. The van der Waals surface area contributed by atoms with Gasteiger partial charge in [0, 0.05) is 33.6 Å². The Kier molecular flexibility index (Phi) is 3.48. The average molecular weight is 618 g/mol. The van der Waals surface area contributed by atoms with E-state index in [0.29, 0.717) is 11.1 Å². The molecule has 0 unspecified atom stereocenters. The summed E-state index contributed by atoms with van der Waals surface area (Å²) in [5, 5.41) is 1.16. The van der Waals surface area contributed by atoms with Gasteiger partial charge in [-0.05, 0) is 56.1 Å². The van der Waals surface area contributed by atoms with Crippen LogP contribution in [0.4, 0.5) is 0 Å². The molecule has 10 heteroatoms. The van der Waals surface area contributed by atoms with Gasteiger partial charge in [0.2, 0.25) is 0 Å². The SMILES string of the molecule is O=C1C2=C3c4sc5cc(Br)sc5c4C=CN3C(=O)C2=C2c3sc4sc(Br)cc4c3C=CN12. The quantitative estimate of drug-likeness (QED) is 0.205. The number of hydrogen-bond donors (Lipinski definition) is 0. The smallest absolute Gasteiger partial charge is 0.265 e. The monoisotopic (exact) mass is 616 g/mol. The van der Waals surface area contributed by atoms with Crippen molar-refractivity contribution in [2.75, 3.05) is 0 Å². The van der Waals surface area contributed by atoms with Crippen molar-refractivity contribution >= 4 is 131 Å². The fourth-order valence-electron chi connectivity index (χ4n) is 4.79. The number of rotatable bonds is 0.